The maximum absolute atomic E-state index is 11.6. The van der Waals surface area contributed by atoms with E-state index in [9.17, 15) is 9.59 Å². The summed E-state index contributed by atoms with van der Waals surface area (Å²) in [5, 5.41) is 1.86. The third kappa shape index (κ3) is 5.78. The zero-order valence-corrected chi connectivity index (χ0v) is 11.2. The number of unbranched alkanes of at least 4 members (excludes halogenated alkanes) is 4. The summed E-state index contributed by atoms with van der Waals surface area (Å²) in [6.45, 7) is 2.17. The molecular formula is C14H20O2S. The van der Waals surface area contributed by atoms with Gasteiger partial charge in [0.15, 0.2) is 5.78 Å². The van der Waals surface area contributed by atoms with Crippen molar-refractivity contribution in [3.05, 3.63) is 22.4 Å². The van der Waals surface area contributed by atoms with Crippen LogP contribution >= 0.6 is 11.3 Å². The van der Waals surface area contributed by atoms with Crippen molar-refractivity contribution in [2.24, 2.45) is 0 Å². The van der Waals surface area contributed by atoms with Gasteiger partial charge in [-0.1, -0.05) is 38.7 Å². The molecule has 0 bridgehead atoms. The van der Waals surface area contributed by atoms with Crippen molar-refractivity contribution < 1.29 is 9.59 Å². The van der Waals surface area contributed by atoms with E-state index in [0.717, 1.165) is 12.8 Å². The second-order valence-electron chi connectivity index (χ2n) is 4.28. The van der Waals surface area contributed by atoms with Gasteiger partial charge in [0.1, 0.15) is 5.78 Å². The molecule has 0 aromatic carbocycles. The molecule has 94 valence electrons. The molecule has 1 aromatic heterocycles. The molecule has 0 radical (unpaired) electrons. The Kier molecular flexibility index (Phi) is 6.78. The largest absolute Gasteiger partial charge is 0.299 e. The Morgan fingerprint density at radius 3 is 2.59 bits per heavy atom. The number of hydrogen-bond donors (Lipinski definition) is 0. The molecule has 0 saturated heterocycles. The minimum absolute atomic E-state index is 0.0291. The van der Waals surface area contributed by atoms with E-state index in [1.807, 2.05) is 11.4 Å². The molecule has 1 aromatic rings. The Bertz CT molecular complexity index is 341. The molecule has 1 heterocycles. The molecular weight excluding hydrogens is 232 g/mol. The average Bonchev–Trinajstić information content (AvgIpc) is 2.82. The standard InChI is InChI=1S/C14H20O2S/c1-2-3-4-5-6-8-12(15)11-13(16)14-9-7-10-17-14/h7,9-10H,2-6,8,11H2,1H3. The van der Waals surface area contributed by atoms with Gasteiger partial charge in [0.05, 0.1) is 11.3 Å². The van der Waals surface area contributed by atoms with Gasteiger partial charge in [-0.2, -0.15) is 0 Å². The van der Waals surface area contributed by atoms with E-state index < -0.39 is 0 Å². The fraction of sp³-hybridized carbons (Fsp3) is 0.571. The number of thiophene rings is 1. The van der Waals surface area contributed by atoms with Crippen LogP contribution in [0.1, 0.15) is 61.5 Å². The molecule has 0 aliphatic carbocycles. The predicted octanol–water partition coefficient (Wildman–Crippen LogP) is 4.25. The third-order valence-corrected chi connectivity index (χ3v) is 3.62. The number of Topliss-reactive ketones (excluding diaryl/α,β-unsaturated/α-hetero) is 2. The maximum atomic E-state index is 11.6. The first kappa shape index (κ1) is 14.1. The van der Waals surface area contributed by atoms with Crippen LogP contribution in [0, 0.1) is 0 Å². The molecule has 1 rings (SSSR count). The highest BCUT2D eigenvalue weighted by Gasteiger charge is 2.11. The number of hydrogen-bond acceptors (Lipinski definition) is 3. The first-order valence-electron chi connectivity index (χ1n) is 6.32. The monoisotopic (exact) mass is 252 g/mol. The molecule has 0 amide bonds. The lowest BCUT2D eigenvalue weighted by Crippen LogP contribution is -2.06. The van der Waals surface area contributed by atoms with Crippen LogP contribution in [0.2, 0.25) is 0 Å². The highest BCUT2D eigenvalue weighted by atomic mass is 32.1. The highest BCUT2D eigenvalue weighted by Crippen LogP contribution is 2.13. The van der Waals surface area contributed by atoms with Gasteiger partial charge in [0.25, 0.3) is 0 Å². The Morgan fingerprint density at radius 1 is 1.18 bits per heavy atom. The van der Waals surface area contributed by atoms with Crippen LogP contribution in [0.25, 0.3) is 0 Å². The van der Waals surface area contributed by atoms with E-state index >= 15 is 0 Å². The van der Waals surface area contributed by atoms with Crippen molar-refractivity contribution in [2.75, 3.05) is 0 Å². The zero-order chi connectivity index (χ0) is 12.5. The molecule has 17 heavy (non-hydrogen) atoms. The number of rotatable bonds is 9. The van der Waals surface area contributed by atoms with E-state index in [1.54, 1.807) is 6.07 Å². The Balaban J connectivity index is 2.15. The number of ketones is 2. The summed E-state index contributed by atoms with van der Waals surface area (Å²) in [5.74, 6) is 0.0541. The first-order valence-corrected chi connectivity index (χ1v) is 7.20. The van der Waals surface area contributed by atoms with Gasteiger partial charge in [0.2, 0.25) is 0 Å². The molecule has 0 unspecified atom stereocenters. The van der Waals surface area contributed by atoms with Crippen LogP contribution in [-0.2, 0) is 4.79 Å². The molecule has 0 atom stereocenters. The van der Waals surface area contributed by atoms with Crippen LogP contribution in [0.3, 0.4) is 0 Å². The van der Waals surface area contributed by atoms with Crippen molar-refractivity contribution in [2.45, 2.75) is 51.9 Å². The van der Waals surface area contributed by atoms with Crippen LogP contribution in [0.5, 0.6) is 0 Å². The van der Waals surface area contributed by atoms with Crippen molar-refractivity contribution >= 4 is 22.9 Å². The van der Waals surface area contributed by atoms with Gasteiger partial charge in [-0.3, -0.25) is 9.59 Å². The quantitative estimate of drug-likeness (QED) is 0.374. The van der Waals surface area contributed by atoms with Crippen LogP contribution in [0.15, 0.2) is 17.5 Å². The first-order chi connectivity index (χ1) is 8.24. The topological polar surface area (TPSA) is 34.1 Å². The Morgan fingerprint density at radius 2 is 1.94 bits per heavy atom. The maximum Gasteiger partial charge on any atom is 0.180 e. The third-order valence-electron chi connectivity index (χ3n) is 2.71. The van der Waals surface area contributed by atoms with E-state index in [2.05, 4.69) is 6.92 Å². The van der Waals surface area contributed by atoms with Crippen molar-refractivity contribution in [1.29, 1.82) is 0 Å². The van der Waals surface area contributed by atoms with E-state index in [0.29, 0.717) is 11.3 Å². The second kappa shape index (κ2) is 8.18. The summed E-state index contributed by atoms with van der Waals surface area (Å²) < 4.78 is 0. The highest BCUT2D eigenvalue weighted by molar-refractivity contribution is 7.12. The minimum Gasteiger partial charge on any atom is -0.299 e. The zero-order valence-electron chi connectivity index (χ0n) is 10.4. The Hall–Kier alpha value is -0.960. The number of carbonyl (C=O) groups excluding carboxylic acids is 2. The molecule has 0 fully saturated rings. The molecule has 3 heteroatoms. The Labute approximate surface area is 107 Å². The summed E-state index contributed by atoms with van der Waals surface area (Å²) in [6.07, 6.45) is 6.31. The summed E-state index contributed by atoms with van der Waals surface area (Å²) in [6, 6.07) is 3.62. The van der Waals surface area contributed by atoms with Crippen LogP contribution in [-0.4, -0.2) is 11.6 Å². The lowest BCUT2D eigenvalue weighted by molar-refractivity contribution is -0.118. The average molecular weight is 252 g/mol. The normalized spacial score (nSPS) is 10.4. The number of carbonyl (C=O) groups is 2. The van der Waals surface area contributed by atoms with Gasteiger partial charge >= 0.3 is 0 Å². The smallest absolute Gasteiger partial charge is 0.180 e. The second-order valence-corrected chi connectivity index (χ2v) is 5.23. The minimum atomic E-state index is -0.0291. The van der Waals surface area contributed by atoms with Crippen molar-refractivity contribution in [1.82, 2.24) is 0 Å². The summed E-state index contributed by atoms with van der Waals surface area (Å²) in [7, 11) is 0. The molecule has 0 saturated carbocycles. The fourth-order valence-electron chi connectivity index (χ4n) is 1.72. The van der Waals surface area contributed by atoms with Gasteiger partial charge in [0, 0.05) is 6.42 Å². The molecule has 0 N–H and O–H groups in total. The SMILES string of the molecule is CCCCCCCC(=O)CC(=O)c1cccs1. The van der Waals surface area contributed by atoms with Gasteiger partial charge in [-0.25, -0.2) is 0 Å². The molecule has 2 nitrogen and oxygen atoms in total. The fourth-order valence-corrected chi connectivity index (χ4v) is 2.38. The summed E-state index contributed by atoms with van der Waals surface area (Å²) in [5.41, 5.74) is 0. The van der Waals surface area contributed by atoms with Crippen LogP contribution < -0.4 is 0 Å². The van der Waals surface area contributed by atoms with Crippen molar-refractivity contribution in [3.8, 4) is 0 Å². The van der Waals surface area contributed by atoms with E-state index in [1.165, 1.54) is 30.6 Å². The van der Waals surface area contributed by atoms with Gasteiger partial charge in [-0.05, 0) is 17.9 Å². The molecule has 0 aliphatic rings. The lowest BCUT2D eigenvalue weighted by atomic mass is 10.1. The van der Waals surface area contributed by atoms with Crippen LogP contribution in [0.4, 0.5) is 0 Å². The molecule has 0 spiro atoms. The van der Waals surface area contributed by atoms with Gasteiger partial charge in [-0.15, -0.1) is 11.3 Å². The van der Waals surface area contributed by atoms with Gasteiger partial charge < -0.3 is 0 Å². The summed E-state index contributed by atoms with van der Waals surface area (Å²) >= 11 is 1.41. The van der Waals surface area contributed by atoms with Crippen molar-refractivity contribution in [3.63, 3.8) is 0 Å². The molecule has 0 aliphatic heterocycles. The lowest BCUT2D eigenvalue weighted by Gasteiger charge is -2.00. The van der Waals surface area contributed by atoms with E-state index in [4.69, 9.17) is 0 Å². The summed E-state index contributed by atoms with van der Waals surface area (Å²) in [4.78, 5) is 23.9. The predicted molar refractivity (Wildman–Crippen MR) is 71.6 cm³/mol. The van der Waals surface area contributed by atoms with E-state index in [-0.39, 0.29) is 18.0 Å².